The fraction of sp³-hybridized carbons (Fsp3) is 0.333. The quantitative estimate of drug-likeness (QED) is 0.674. The van der Waals surface area contributed by atoms with E-state index in [4.69, 9.17) is 11.6 Å². The van der Waals surface area contributed by atoms with E-state index in [1.165, 1.54) is 11.3 Å². The Bertz CT molecular complexity index is 658. The Hall–Kier alpha value is -1.26. The number of aromatic nitrogens is 2. The molecule has 0 unspecified atom stereocenters. The van der Waals surface area contributed by atoms with Gasteiger partial charge in [-0.2, -0.15) is 0 Å². The summed E-state index contributed by atoms with van der Waals surface area (Å²) < 4.78 is 0. The van der Waals surface area contributed by atoms with E-state index < -0.39 is 0 Å². The van der Waals surface area contributed by atoms with Crippen LogP contribution in [0.5, 0.6) is 0 Å². The van der Waals surface area contributed by atoms with Crippen LogP contribution in [0.25, 0.3) is 0 Å². The maximum atomic E-state index is 6.18. The number of rotatable bonds is 3. The molecule has 104 valence electrons. The number of nitrogens with one attached hydrogen (secondary N) is 1. The fourth-order valence-corrected chi connectivity index (χ4v) is 2.98. The summed E-state index contributed by atoms with van der Waals surface area (Å²) in [5.41, 5.74) is 4.49. The molecule has 1 N–H and O–H groups in total. The SMILES string of the molecule is CSc1nc2c(c(Nc3ccc(C)c(Cl)c3)n1)CCC2. The number of hydrogen-bond acceptors (Lipinski definition) is 4. The second kappa shape index (κ2) is 5.62. The van der Waals surface area contributed by atoms with Gasteiger partial charge in [-0.25, -0.2) is 9.97 Å². The van der Waals surface area contributed by atoms with E-state index in [1.54, 1.807) is 11.8 Å². The van der Waals surface area contributed by atoms with Gasteiger partial charge in [0.05, 0.1) is 5.69 Å². The number of hydrogen-bond donors (Lipinski definition) is 1. The molecule has 0 bridgehead atoms. The standard InChI is InChI=1S/C15H16ClN3S/c1-9-6-7-10(8-12(9)16)17-14-11-4-3-5-13(11)18-15(19-14)20-2/h6-8H,3-5H2,1-2H3,(H,17,18,19). The lowest BCUT2D eigenvalue weighted by molar-refractivity contribution is 0.879. The van der Waals surface area contributed by atoms with E-state index in [-0.39, 0.29) is 0 Å². The Morgan fingerprint density at radius 3 is 2.85 bits per heavy atom. The number of fused-ring (bicyclic) bond motifs is 1. The first kappa shape index (κ1) is 13.7. The minimum absolute atomic E-state index is 0.769. The fourth-order valence-electron chi connectivity index (χ4n) is 2.41. The zero-order valence-electron chi connectivity index (χ0n) is 11.5. The molecule has 2 aromatic rings. The number of nitrogens with zero attached hydrogens (tertiary/aromatic N) is 2. The van der Waals surface area contributed by atoms with E-state index in [0.717, 1.165) is 46.5 Å². The molecule has 1 heterocycles. The maximum Gasteiger partial charge on any atom is 0.189 e. The van der Waals surface area contributed by atoms with Crippen molar-refractivity contribution in [2.24, 2.45) is 0 Å². The van der Waals surface area contributed by atoms with Crippen molar-refractivity contribution in [3.63, 3.8) is 0 Å². The van der Waals surface area contributed by atoms with Gasteiger partial charge in [0, 0.05) is 16.3 Å². The topological polar surface area (TPSA) is 37.8 Å². The van der Waals surface area contributed by atoms with Gasteiger partial charge in [-0.15, -0.1) is 0 Å². The molecule has 0 spiro atoms. The third-order valence-electron chi connectivity index (χ3n) is 3.53. The molecule has 0 amide bonds. The van der Waals surface area contributed by atoms with Crippen LogP contribution in [-0.2, 0) is 12.8 Å². The van der Waals surface area contributed by atoms with Gasteiger partial charge >= 0.3 is 0 Å². The van der Waals surface area contributed by atoms with Gasteiger partial charge in [0.15, 0.2) is 5.16 Å². The van der Waals surface area contributed by atoms with Crippen LogP contribution < -0.4 is 5.32 Å². The molecule has 1 aliphatic carbocycles. The van der Waals surface area contributed by atoms with Gasteiger partial charge < -0.3 is 5.32 Å². The summed E-state index contributed by atoms with van der Waals surface area (Å²) in [4.78, 5) is 9.20. The predicted octanol–water partition coefficient (Wildman–Crippen LogP) is 4.39. The van der Waals surface area contributed by atoms with Crippen molar-refractivity contribution in [3.8, 4) is 0 Å². The average molecular weight is 306 g/mol. The highest BCUT2D eigenvalue weighted by Gasteiger charge is 2.19. The van der Waals surface area contributed by atoms with Crippen LogP contribution in [0.4, 0.5) is 11.5 Å². The first-order valence-electron chi connectivity index (χ1n) is 6.64. The highest BCUT2D eigenvalue weighted by molar-refractivity contribution is 7.98. The highest BCUT2D eigenvalue weighted by Crippen LogP contribution is 2.31. The summed E-state index contributed by atoms with van der Waals surface area (Å²) in [5.74, 6) is 0.928. The Morgan fingerprint density at radius 2 is 2.10 bits per heavy atom. The molecule has 5 heteroatoms. The molecular weight excluding hydrogens is 290 g/mol. The van der Waals surface area contributed by atoms with Crippen LogP contribution in [0.1, 0.15) is 23.2 Å². The van der Waals surface area contributed by atoms with Gasteiger partial charge in [0.25, 0.3) is 0 Å². The van der Waals surface area contributed by atoms with Crippen molar-refractivity contribution in [1.82, 2.24) is 9.97 Å². The molecule has 3 rings (SSSR count). The summed E-state index contributed by atoms with van der Waals surface area (Å²) in [6.07, 6.45) is 5.26. The van der Waals surface area contributed by atoms with Crippen molar-refractivity contribution in [3.05, 3.63) is 40.0 Å². The van der Waals surface area contributed by atoms with Crippen LogP contribution in [0, 0.1) is 6.92 Å². The Balaban J connectivity index is 1.97. The molecule has 20 heavy (non-hydrogen) atoms. The van der Waals surface area contributed by atoms with Gasteiger partial charge in [-0.3, -0.25) is 0 Å². The zero-order chi connectivity index (χ0) is 14.1. The van der Waals surface area contributed by atoms with Crippen LogP contribution in [0.2, 0.25) is 5.02 Å². The average Bonchev–Trinajstić information content (AvgIpc) is 2.91. The van der Waals surface area contributed by atoms with Crippen LogP contribution >= 0.6 is 23.4 Å². The summed E-state index contributed by atoms with van der Waals surface area (Å²) >= 11 is 7.76. The monoisotopic (exact) mass is 305 g/mol. The first-order valence-corrected chi connectivity index (χ1v) is 8.24. The predicted molar refractivity (Wildman–Crippen MR) is 85.3 cm³/mol. The molecule has 1 aromatic heterocycles. The number of anilines is 2. The summed E-state index contributed by atoms with van der Waals surface area (Å²) in [6, 6.07) is 5.99. The van der Waals surface area contributed by atoms with Crippen LogP contribution in [0.3, 0.4) is 0 Å². The maximum absolute atomic E-state index is 6.18. The lowest BCUT2D eigenvalue weighted by Gasteiger charge is -2.12. The Kier molecular flexibility index (Phi) is 3.85. The van der Waals surface area contributed by atoms with Crippen molar-refractivity contribution in [2.75, 3.05) is 11.6 Å². The summed E-state index contributed by atoms with van der Waals surface area (Å²) in [7, 11) is 0. The van der Waals surface area contributed by atoms with E-state index in [1.807, 2.05) is 31.4 Å². The first-order chi connectivity index (χ1) is 9.67. The molecule has 1 aliphatic rings. The highest BCUT2D eigenvalue weighted by atomic mass is 35.5. The summed E-state index contributed by atoms with van der Waals surface area (Å²) in [6.45, 7) is 2.00. The number of benzene rings is 1. The van der Waals surface area contributed by atoms with Gasteiger partial charge in [0.2, 0.25) is 0 Å². The second-order valence-electron chi connectivity index (χ2n) is 4.93. The smallest absolute Gasteiger partial charge is 0.189 e. The lowest BCUT2D eigenvalue weighted by Crippen LogP contribution is -2.03. The van der Waals surface area contributed by atoms with Crippen LogP contribution in [-0.4, -0.2) is 16.2 Å². The van der Waals surface area contributed by atoms with Crippen molar-refractivity contribution >= 4 is 34.9 Å². The van der Waals surface area contributed by atoms with Crippen LogP contribution in [0.15, 0.2) is 23.4 Å². The molecule has 0 saturated carbocycles. The van der Waals surface area contributed by atoms with E-state index in [2.05, 4.69) is 15.3 Å². The molecule has 3 nitrogen and oxygen atoms in total. The lowest BCUT2D eigenvalue weighted by atomic mass is 10.2. The third-order valence-corrected chi connectivity index (χ3v) is 4.48. The van der Waals surface area contributed by atoms with E-state index in [0.29, 0.717) is 0 Å². The number of aryl methyl sites for hydroxylation is 2. The molecule has 0 fully saturated rings. The summed E-state index contributed by atoms with van der Waals surface area (Å²) in [5, 5.41) is 4.99. The normalized spacial score (nSPS) is 13.3. The van der Waals surface area contributed by atoms with Gasteiger partial charge in [0.1, 0.15) is 5.82 Å². The third kappa shape index (κ3) is 2.63. The minimum atomic E-state index is 0.769. The van der Waals surface area contributed by atoms with Crippen molar-refractivity contribution < 1.29 is 0 Å². The van der Waals surface area contributed by atoms with E-state index in [9.17, 15) is 0 Å². The van der Waals surface area contributed by atoms with Gasteiger partial charge in [-0.1, -0.05) is 29.4 Å². The van der Waals surface area contributed by atoms with Crippen molar-refractivity contribution in [1.29, 1.82) is 0 Å². The largest absolute Gasteiger partial charge is 0.340 e. The molecule has 1 aromatic carbocycles. The molecule has 0 radical (unpaired) electrons. The Morgan fingerprint density at radius 1 is 1.25 bits per heavy atom. The molecular formula is C15H16ClN3S. The van der Waals surface area contributed by atoms with Crippen molar-refractivity contribution in [2.45, 2.75) is 31.3 Å². The Labute approximate surface area is 128 Å². The molecule has 0 aliphatic heterocycles. The second-order valence-corrected chi connectivity index (χ2v) is 6.11. The minimum Gasteiger partial charge on any atom is -0.340 e. The molecule has 0 saturated heterocycles. The van der Waals surface area contributed by atoms with Gasteiger partial charge in [-0.05, 0) is 50.1 Å². The van der Waals surface area contributed by atoms with E-state index >= 15 is 0 Å². The molecule has 0 atom stereocenters. The zero-order valence-corrected chi connectivity index (χ0v) is 13.1. The number of halogens is 1. The number of thioether (sulfide) groups is 1.